The lowest BCUT2D eigenvalue weighted by Gasteiger charge is -2.51. The molecule has 2 heteroatoms. The summed E-state index contributed by atoms with van der Waals surface area (Å²) in [5.74, 6) is 0.819. The van der Waals surface area contributed by atoms with Crippen molar-refractivity contribution >= 4 is 0 Å². The topological polar surface area (TPSA) is 44.0 Å². The highest BCUT2D eigenvalue weighted by Crippen LogP contribution is 2.52. The van der Waals surface area contributed by atoms with E-state index >= 15 is 0 Å². The maximum absolute atomic E-state index is 11.4. The third-order valence-corrected chi connectivity index (χ3v) is 5.82. The summed E-state index contributed by atoms with van der Waals surface area (Å²) in [6, 6.07) is 2.60. The molecule has 0 aromatic rings. The quantitative estimate of drug-likeness (QED) is 0.760. The summed E-state index contributed by atoms with van der Waals surface area (Å²) in [7, 11) is 0. The molecule has 19 heavy (non-hydrogen) atoms. The molecule has 2 nitrogen and oxygen atoms in total. The van der Waals surface area contributed by atoms with Gasteiger partial charge in [0.25, 0.3) is 0 Å². The second-order valence-corrected chi connectivity index (χ2v) is 7.17. The molecule has 0 heterocycles. The minimum Gasteiger partial charge on any atom is -0.388 e. The Morgan fingerprint density at radius 3 is 2.16 bits per heavy atom. The van der Waals surface area contributed by atoms with Crippen molar-refractivity contribution in [1.82, 2.24) is 0 Å². The first kappa shape index (κ1) is 14.9. The number of hydrogen-bond acceptors (Lipinski definition) is 2. The summed E-state index contributed by atoms with van der Waals surface area (Å²) >= 11 is 0. The van der Waals surface area contributed by atoms with Crippen LogP contribution in [0.1, 0.15) is 78.1 Å². The molecule has 0 aliphatic heterocycles. The zero-order chi connectivity index (χ0) is 13.9. The third-order valence-electron chi connectivity index (χ3n) is 5.82. The first-order chi connectivity index (χ1) is 9.04. The predicted octanol–water partition coefficient (Wildman–Crippen LogP) is 4.43. The molecule has 0 aromatic heterocycles. The van der Waals surface area contributed by atoms with Crippen LogP contribution >= 0.6 is 0 Å². The molecule has 0 radical (unpaired) electrons. The maximum atomic E-state index is 11.4. The minimum atomic E-state index is -0.753. The molecular weight excluding hydrogens is 234 g/mol. The van der Waals surface area contributed by atoms with Crippen molar-refractivity contribution in [2.45, 2.75) is 83.7 Å². The molecule has 2 aliphatic rings. The molecule has 108 valence electrons. The van der Waals surface area contributed by atoms with Crippen molar-refractivity contribution in [3.05, 3.63) is 0 Å². The Labute approximate surface area is 118 Å². The van der Waals surface area contributed by atoms with E-state index < -0.39 is 11.0 Å². The van der Waals surface area contributed by atoms with Crippen LogP contribution in [-0.4, -0.2) is 10.7 Å². The number of rotatable bonds is 1. The smallest absolute Gasteiger partial charge is 0.0863 e. The maximum Gasteiger partial charge on any atom is 0.0863 e. The van der Waals surface area contributed by atoms with Gasteiger partial charge in [0.15, 0.2) is 0 Å². The molecular formula is C17H29NO. The molecule has 3 atom stereocenters. The van der Waals surface area contributed by atoms with Crippen LogP contribution in [-0.2, 0) is 0 Å². The van der Waals surface area contributed by atoms with Crippen LogP contribution < -0.4 is 0 Å². The van der Waals surface area contributed by atoms with Crippen LogP contribution in [0.5, 0.6) is 0 Å². The van der Waals surface area contributed by atoms with E-state index in [0.717, 1.165) is 38.5 Å². The normalized spacial score (nSPS) is 39.9. The van der Waals surface area contributed by atoms with Gasteiger partial charge in [0.1, 0.15) is 0 Å². The Morgan fingerprint density at radius 1 is 1.00 bits per heavy atom. The highest BCUT2D eigenvalue weighted by atomic mass is 16.3. The van der Waals surface area contributed by atoms with Gasteiger partial charge in [0.2, 0.25) is 0 Å². The number of aliphatic hydroxyl groups is 1. The van der Waals surface area contributed by atoms with Gasteiger partial charge >= 0.3 is 0 Å². The first-order valence-corrected chi connectivity index (χ1v) is 8.18. The fraction of sp³-hybridized carbons (Fsp3) is 0.941. The minimum absolute atomic E-state index is 0.266. The van der Waals surface area contributed by atoms with Gasteiger partial charge in [0.05, 0.1) is 17.1 Å². The average Bonchev–Trinajstić information content (AvgIpc) is 2.34. The largest absolute Gasteiger partial charge is 0.388 e. The molecule has 2 rings (SSSR count). The SMILES string of the molecule is CC1CCC(C)C(O)(C2(C#N)CCCCCCC2)C1. The molecule has 2 fully saturated rings. The molecule has 0 saturated heterocycles. The highest BCUT2D eigenvalue weighted by Gasteiger charge is 2.54. The molecule has 0 amide bonds. The third kappa shape index (κ3) is 2.68. The Morgan fingerprint density at radius 2 is 1.58 bits per heavy atom. The van der Waals surface area contributed by atoms with Gasteiger partial charge in [-0.25, -0.2) is 0 Å². The van der Waals surface area contributed by atoms with Gasteiger partial charge in [-0.15, -0.1) is 0 Å². The van der Waals surface area contributed by atoms with Crippen molar-refractivity contribution < 1.29 is 5.11 Å². The van der Waals surface area contributed by atoms with Crippen LogP contribution in [0, 0.1) is 28.6 Å². The van der Waals surface area contributed by atoms with Crippen LogP contribution in [0.3, 0.4) is 0 Å². The predicted molar refractivity (Wildman–Crippen MR) is 77.5 cm³/mol. The summed E-state index contributed by atoms with van der Waals surface area (Å²) in [5, 5.41) is 21.2. The van der Waals surface area contributed by atoms with E-state index in [9.17, 15) is 10.4 Å². The molecule has 1 N–H and O–H groups in total. The number of nitriles is 1. The number of hydrogen-bond donors (Lipinski definition) is 1. The van der Waals surface area contributed by atoms with E-state index in [1.165, 1.54) is 25.7 Å². The summed E-state index contributed by atoms with van der Waals surface area (Å²) < 4.78 is 0. The Hall–Kier alpha value is -0.550. The lowest BCUT2D eigenvalue weighted by molar-refractivity contribution is -0.138. The van der Waals surface area contributed by atoms with Crippen LogP contribution in [0.2, 0.25) is 0 Å². The van der Waals surface area contributed by atoms with Gasteiger partial charge in [-0.2, -0.15) is 5.26 Å². The fourth-order valence-electron chi connectivity index (χ4n) is 4.43. The second kappa shape index (κ2) is 5.83. The molecule has 2 saturated carbocycles. The first-order valence-electron chi connectivity index (χ1n) is 8.18. The van der Waals surface area contributed by atoms with Crippen molar-refractivity contribution in [3.8, 4) is 6.07 Å². The monoisotopic (exact) mass is 263 g/mol. The van der Waals surface area contributed by atoms with Crippen molar-refractivity contribution in [2.75, 3.05) is 0 Å². The molecule has 0 aromatic carbocycles. The summed E-state index contributed by atoms with van der Waals surface area (Å²) in [5.41, 5.74) is -1.24. The van der Waals surface area contributed by atoms with Gasteiger partial charge in [-0.3, -0.25) is 0 Å². The number of nitrogens with zero attached hydrogens (tertiary/aromatic N) is 1. The fourth-order valence-corrected chi connectivity index (χ4v) is 4.43. The summed E-state index contributed by atoms with van der Waals surface area (Å²) in [4.78, 5) is 0. The van der Waals surface area contributed by atoms with E-state index in [4.69, 9.17) is 0 Å². The van der Waals surface area contributed by atoms with Gasteiger partial charge in [-0.1, -0.05) is 52.4 Å². The summed E-state index contributed by atoms with van der Waals surface area (Å²) in [6.45, 7) is 4.38. The average molecular weight is 263 g/mol. The van der Waals surface area contributed by atoms with Crippen molar-refractivity contribution in [1.29, 1.82) is 5.26 Å². The van der Waals surface area contributed by atoms with Crippen molar-refractivity contribution in [3.63, 3.8) is 0 Å². The lowest BCUT2D eigenvalue weighted by atomic mass is 9.55. The van der Waals surface area contributed by atoms with Gasteiger partial charge < -0.3 is 5.11 Å². The zero-order valence-electron chi connectivity index (χ0n) is 12.6. The van der Waals surface area contributed by atoms with E-state index in [-0.39, 0.29) is 5.92 Å². The van der Waals surface area contributed by atoms with Crippen LogP contribution in [0.4, 0.5) is 0 Å². The molecule has 3 unspecified atom stereocenters. The Bertz CT molecular complexity index is 338. The van der Waals surface area contributed by atoms with Gasteiger partial charge in [-0.05, 0) is 37.5 Å². The lowest BCUT2D eigenvalue weighted by Crippen LogP contribution is -2.55. The van der Waals surface area contributed by atoms with E-state index in [1.807, 2.05) is 0 Å². The Kier molecular flexibility index (Phi) is 4.56. The van der Waals surface area contributed by atoms with Crippen molar-refractivity contribution in [2.24, 2.45) is 17.3 Å². The zero-order valence-corrected chi connectivity index (χ0v) is 12.6. The van der Waals surface area contributed by atoms with Gasteiger partial charge in [0, 0.05) is 0 Å². The molecule has 0 bridgehead atoms. The molecule has 2 aliphatic carbocycles. The highest BCUT2D eigenvalue weighted by molar-refractivity contribution is 5.14. The van der Waals surface area contributed by atoms with Crippen LogP contribution in [0.25, 0.3) is 0 Å². The Balaban J connectivity index is 2.28. The van der Waals surface area contributed by atoms with Crippen LogP contribution in [0.15, 0.2) is 0 Å². The van der Waals surface area contributed by atoms with E-state index in [0.29, 0.717) is 5.92 Å². The second-order valence-electron chi connectivity index (χ2n) is 7.17. The summed E-state index contributed by atoms with van der Waals surface area (Å²) in [6.07, 6.45) is 10.9. The standard InChI is InChI=1S/C17H29NO/c1-14-8-9-15(2)17(19,12-14)16(13-18)10-6-4-3-5-7-11-16/h14-15,19H,3-12H2,1-2H3. The van der Waals surface area contributed by atoms with E-state index in [1.54, 1.807) is 0 Å². The van der Waals surface area contributed by atoms with E-state index in [2.05, 4.69) is 19.9 Å². The molecule has 0 spiro atoms.